The number of carbonyl (C=O) groups is 3. The molecule has 3 amide bonds. The van der Waals surface area contributed by atoms with Gasteiger partial charge in [0.1, 0.15) is 0 Å². The Morgan fingerprint density at radius 2 is 1.68 bits per heavy atom. The minimum absolute atomic E-state index is 0.223. The number of amides is 3. The molecule has 1 saturated heterocycles. The van der Waals surface area contributed by atoms with E-state index in [4.69, 9.17) is 4.74 Å². The van der Waals surface area contributed by atoms with Gasteiger partial charge in [-0.2, -0.15) is 5.10 Å². The number of ether oxygens (including phenoxy) is 1. The summed E-state index contributed by atoms with van der Waals surface area (Å²) in [7, 11) is 3.88. The van der Waals surface area contributed by atoms with Gasteiger partial charge in [0.05, 0.1) is 30.7 Å². The number of anilines is 2. The molecule has 0 bridgehead atoms. The molecule has 1 aliphatic rings. The van der Waals surface area contributed by atoms with Gasteiger partial charge in [-0.15, -0.1) is 0 Å². The zero-order valence-electron chi connectivity index (χ0n) is 17.5. The summed E-state index contributed by atoms with van der Waals surface area (Å²) in [4.78, 5) is 40.8. The van der Waals surface area contributed by atoms with E-state index in [1.165, 1.54) is 6.21 Å². The molecule has 9 nitrogen and oxygen atoms in total. The highest BCUT2D eigenvalue weighted by Gasteiger charge is 2.22. The Morgan fingerprint density at radius 3 is 2.35 bits per heavy atom. The average molecular weight is 423 g/mol. The molecule has 0 radical (unpaired) electrons. The van der Waals surface area contributed by atoms with Gasteiger partial charge < -0.3 is 19.9 Å². The first kappa shape index (κ1) is 22.0. The molecule has 1 fully saturated rings. The van der Waals surface area contributed by atoms with Gasteiger partial charge in [0.2, 0.25) is 0 Å². The van der Waals surface area contributed by atoms with Crippen molar-refractivity contribution in [2.45, 2.75) is 0 Å². The van der Waals surface area contributed by atoms with E-state index < -0.39 is 11.8 Å². The summed E-state index contributed by atoms with van der Waals surface area (Å²) < 4.78 is 5.27. The molecule has 2 aromatic rings. The summed E-state index contributed by atoms with van der Waals surface area (Å²) in [5, 5.41) is 6.31. The molecule has 2 aromatic carbocycles. The quantitative estimate of drug-likeness (QED) is 0.429. The summed E-state index contributed by atoms with van der Waals surface area (Å²) in [6.45, 7) is 1.90. The third-order valence-electron chi connectivity index (χ3n) is 4.70. The SMILES string of the molecule is CN(C)c1ccc(C=NNC(=O)C(=O)Nc2ccccc2C(=O)N2CCOCC2)cc1. The summed E-state index contributed by atoms with van der Waals surface area (Å²) in [6, 6.07) is 14.1. The van der Waals surface area contributed by atoms with Crippen molar-refractivity contribution in [1.82, 2.24) is 10.3 Å². The predicted octanol–water partition coefficient (Wildman–Crippen LogP) is 1.31. The summed E-state index contributed by atoms with van der Waals surface area (Å²) in [6.07, 6.45) is 1.44. The van der Waals surface area contributed by atoms with Crippen molar-refractivity contribution in [1.29, 1.82) is 0 Å². The average Bonchev–Trinajstić information content (AvgIpc) is 2.79. The normalized spacial score (nSPS) is 13.7. The van der Waals surface area contributed by atoms with Crippen molar-refractivity contribution < 1.29 is 19.1 Å². The van der Waals surface area contributed by atoms with E-state index >= 15 is 0 Å². The first-order chi connectivity index (χ1) is 15.0. The largest absolute Gasteiger partial charge is 0.378 e. The number of hydrogen-bond acceptors (Lipinski definition) is 6. The van der Waals surface area contributed by atoms with Crippen LogP contribution < -0.4 is 15.6 Å². The number of hydrogen-bond donors (Lipinski definition) is 2. The van der Waals surface area contributed by atoms with Gasteiger partial charge in [0, 0.05) is 32.9 Å². The Hall–Kier alpha value is -3.72. The molecule has 3 rings (SSSR count). The smallest absolute Gasteiger partial charge is 0.329 e. The van der Waals surface area contributed by atoms with Crippen LogP contribution in [0.25, 0.3) is 0 Å². The van der Waals surface area contributed by atoms with Gasteiger partial charge in [-0.1, -0.05) is 24.3 Å². The molecular formula is C22H25N5O4. The highest BCUT2D eigenvalue weighted by atomic mass is 16.5. The van der Waals surface area contributed by atoms with Crippen LogP contribution in [0.4, 0.5) is 11.4 Å². The maximum atomic E-state index is 12.8. The van der Waals surface area contributed by atoms with E-state index in [9.17, 15) is 14.4 Å². The molecule has 0 spiro atoms. The lowest BCUT2D eigenvalue weighted by atomic mass is 10.1. The number of carbonyl (C=O) groups excluding carboxylic acids is 3. The monoisotopic (exact) mass is 423 g/mol. The standard InChI is InChI=1S/C22H25N5O4/c1-26(2)17-9-7-16(8-10-17)15-23-25-21(29)20(28)24-19-6-4-3-5-18(19)22(30)27-11-13-31-14-12-27/h3-10,15H,11-14H2,1-2H3,(H,24,28)(H,25,29). The second kappa shape index (κ2) is 10.4. The summed E-state index contributed by atoms with van der Waals surface area (Å²) >= 11 is 0. The van der Waals surface area contributed by atoms with Gasteiger partial charge in [-0.25, -0.2) is 5.43 Å². The fraction of sp³-hybridized carbons (Fsp3) is 0.273. The van der Waals surface area contributed by atoms with Crippen LogP contribution in [0.2, 0.25) is 0 Å². The lowest BCUT2D eigenvalue weighted by molar-refractivity contribution is -0.136. The highest BCUT2D eigenvalue weighted by Crippen LogP contribution is 2.18. The van der Waals surface area contributed by atoms with E-state index in [0.717, 1.165) is 11.3 Å². The van der Waals surface area contributed by atoms with E-state index in [-0.39, 0.29) is 11.6 Å². The second-order valence-corrected chi connectivity index (χ2v) is 7.09. The third-order valence-corrected chi connectivity index (χ3v) is 4.70. The Morgan fingerprint density at radius 1 is 1.00 bits per heavy atom. The van der Waals surface area contributed by atoms with Crippen molar-refractivity contribution in [3.05, 3.63) is 59.7 Å². The molecule has 1 heterocycles. The van der Waals surface area contributed by atoms with Crippen molar-refractivity contribution in [2.75, 3.05) is 50.6 Å². The molecule has 2 N–H and O–H groups in total. The van der Waals surface area contributed by atoms with Gasteiger partial charge in [0.25, 0.3) is 5.91 Å². The molecule has 0 aromatic heterocycles. The summed E-state index contributed by atoms with van der Waals surface area (Å²) in [5.74, 6) is -2.07. The molecule has 0 saturated carbocycles. The Bertz CT molecular complexity index is 966. The van der Waals surface area contributed by atoms with Crippen molar-refractivity contribution in [2.24, 2.45) is 5.10 Å². The van der Waals surface area contributed by atoms with E-state index in [2.05, 4.69) is 15.8 Å². The fourth-order valence-corrected chi connectivity index (χ4v) is 2.97. The van der Waals surface area contributed by atoms with Crippen molar-refractivity contribution in [3.63, 3.8) is 0 Å². The van der Waals surface area contributed by atoms with Gasteiger partial charge in [-0.3, -0.25) is 14.4 Å². The zero-order valence-corrected chi connectivity index (χ0v) is 17.5. The predicted molar refractivity (Wildman–Crippen MR) is 118 cm³/mol. The second-order valence-electron chi connectivity index (χ2n) is 7.09. The van der Waals surface area contributed by atoms with E-state index in [1.54, 1.807) is 29.2 Å². The molecule has 1 aliphatic heterocycles. The molecule has 0 atom stereocenters. The van der Waals surface area contributed by atoms with Crippen LogP contribution in [0.5, 0.6) is 0 Å². The molecular weight excluding hydrogens is 398 g/mol. The number of morpholine rings is 1. The van der Waals surface area contributed by atoms with Crippen LogP contribution in [0, 0.1) is 0 Å². The summed E-state index contributed by atoms with van der Waals surface area (Å²) in [5.41, 5.74) is 4.58. The van der Waals surface area contributed by atoms with Crippen LogP contribution in [0.3, 0.4) is 0 Å². The number of rotatable bonds is 5. The first-order valence-corrected chi connectivity index (χ1v) is 9.83. The number of hydrazone groups is 1. The molecule has 0 unspecified atom stereocenters. The Kier molecular flexibility index (Phi) is 7.34. The Balaban J connectivity index is 1.59. The number of nitrogens with one attached hydrogen (secondary N) is 2. The van der Waals surface area contributed by atoms with Gasteiger partial charge in [0.15, 0.2) is 0 Å². The first-order valence-electron chi connectivity index (χ1n) is 9.83. The number of nitrogens with zero attached hydrogens (tertiary/aromatic N) is 3. The van der Waals surface area contributed by atoms with Crippen LogP contribution in [0.15, 0.2) is 53.6 Å². The van der Waals surface area contributed by atoms with E-state index in [0.29, 0.717) is 31.9 Å². The maximum Gasteiger partial charge on any atom is 0.329 e. The number of para-hydroxylation sites is 1. The zero-order chi connectivity index (χ0) is 22.2. The molecule has 0 aliphatic carbocycles. The minimum Gasteiger partial charge on any atom is -0.378 e. The topological polar surface area (TPSA) is 103 Å². The van der Waals surface area contributed by atoms with E-state index in [1.807, 2.05) is 43.3 Å². The number of benzene rings is 2. The van der Waals surface area contributed by atoms with Gasteiger partial charge >= 0.3 is 11.8 Å². The van der Waals surface area contributed by atoms with Crippen LogP contribution >= 0.6 is 0 Å². The highest BCUT2D eigenvalue weighted by molar-refractivity contribution is 6.40. The van der Waals surface area contributed by atoms with Crippen molar-refractivity contribution >= 4 is 35.3 Å². The maximum absolute atomic E-state index is 12.8. The van der Waals surface area contributed by atoms with Crippen LogP contribution in [0.1, 0.15) is 15.9 Å². The Labute approximate surface area is 180 Å². The molecule has 9 heteroatoms. The lowest BCUT2D eigenvalue weighted by Gasteiger charge is -2.27. The lowest BCUT2D eigenvalue weighted by Crippen LogP contribution is -2.41. The third kappa shape index (κ3) is 5.89. The fourth-order valence-electron chi connectivity index (χ4n) is 2.97. The molecule has 162 valence electrons. The molecule has 31 heavy (non-hydrogen) atoms. The minimum atomic E-state index is -0.935. The van der Waals surface area contributed by atoms with Crippen LogP contribution in [-0.2, 0) is 14.3 Å². The van der Waals surface area contributed by atoms with Crippen molar-refractivity contribution in [3.8, 4) is 0 Å². The van der Waals surface area contributed by atoms with Crippen LogP contribution in [-0.4, -0.2) is 69.2 Å². The van der Waals surface area contributed by atoms with Gasteiger partial charge in [-0.05, 0) is 29.8 Å².